The molecule has 1 aliphatic carbocycles. The van der Waals surface area contributed by atoms with Crippen LogP contribution >= 0.6 is 0 Å². The van der Waals surface area contributed by atoms with Gasteiger partial charge in [0.2, 0.25) is 0 Å². The quantitative estimate of drug-likeness (QED) is 0.669. The number of ether oxygens (including phenoxy) is 1. The summed E-state index contributed by atoms with van der Waals surface area (Å²) in [5.74, 6) is 1.20. The van der Waals surface area contributed by atoms with Gasteiger partial charge in [-0.1, -0.05) is 12.8 Å². The van der Waals surface area contributed by atoms with Crippen molar-refractivity contribution in [3.8, 4) is 0 Å². The normalized spacial score (nSPS) is 38.2. The Labute approximate surface area is 91.1 Å². The number of amidine groups is 1. The number of nitrogens with zero attached hydrogens (tertiary/aromatic N) is 1. The van der Waals surface area contributed by atoms with E-state index in [0.717, 1.165) is 18.7 Å². The van der Waals surface area contributed by atoms with Crippen molar-refractivity contribution in [2.75, 3.05) is 13.2 Å². The Morgan fingerprint density at radius 2 is 2.07 bits per heavy atom. The van der Waals surface area contributed by atoms with Gasteiger partial charge in [-0.05, 0) is 18.8 Å². The molecule has 2 rings (SSSR count). The van der Waals surface area contributed by atoms with Crippen LogP contribution in [0.5, 0.6) is 0 Å². The van der Waals surface area contributed by atoms with Gasteiger partial charge < -0.3 is 16.2 Å². The molecule has 4 nitrogen and oxygen atoms in total. The third-order valence-corrected chi connectivity index (χ3v) is 3.49. The zero-order valence-electron chi connectivity index (χ0n) is 9.19. The van der Waals surface area contributed by atoms with Crippen LogP contribution in [-0.4, -0.2) is 31.1 Å². The van der Waals surface area contributed by atoms with E-state index in [2.05, 4.69) is 4.99 Å². The minimum Gasteiger partial charge on any atom is -0.387 e. The summed E-state index contributed by atoms with van der Waals surface area (Å²) in [5, 5.41) is 0. The summed E-state index contributed by atoms with van der Waals surface area (Å²) in [5.41, 5.74) is 11.9. The summed E-state index contributed by atoms with van der Waals surface area (Å²) in [7, 11) is 0. The van der Waals surface area contributed by atoms with Crippen molar-refractivity contribution in [3.05, 3.63) is 0 Å². The van der Waals surface area contributed by atoms with Crippen LogP contribution < -0.4 is 11.5 Å². The van der Waals surface area contributed by atoms with E-state index in [1.54, 1.807) is 0 Å². The lowest BCUT2D eigenvalue weighted by Crippen LogP contribution is -2.41. The van der Waals surface area contributed by atoms with Gasteiger partial charge in [-0.15, -0.1) is 0 Å². The van der Waals surface area contributed by atoms with E-state index in [0.29, 0.717) is 19.1 Å². The molecule has 1 heterocycles. The molecule has 1 aliphatic heterocycles. The second-order valence-corrected chi connectivity index (χ2v) is 4.62. The summed E-state index contributed by atoms with van der Waals surface area (Å²) in [6.07, 6.45) is 5.58. The van der Waals surface area contributed by atoms with E-state index in [-0.39, 0.29) is 12.1 Å². The second kappa shape index (κ2) is 4.94. The molecule has 0 amide bonds. The van der Waals surface area contributed by atoms with Gasteiger partial charge in [-0.2, -0.15) is 0 Å². The summed E-state index contributed by atoms with van der Waals surface area (Å²) in [6, 6.07) is 0.477. The van der Waals surface area contributed by atoms with Crippen molar-refractivity contribution in [1.82, 2.24) is 0 Å². The van der Waals surface area contributed by atoms with E-state index >= 15 is 0 Å². The molecule has 1 fully saturated rings. The Balaban J connectivity index is 2.03. The molecule has 0 aromatic rings. The van der Waals surface area contributed by atoms with Crippen LogP contribution in [-0.2, 0) is 4.74 Å². The van der Waals surface area contributed by atoms with Crippen molar-refractivity contribution in [3.63, 3.8) is 0 Å². The van der Waals surface area contributed by atoms with Crippen LogP contribution in [0.3, 0.4) is 0 Å². The van der Waals surface area contributed by atoms with Gasteiger partial charge in [0.15, 0.2) is 0 Å². The van der Waals surface area contributed by atoms with Gasteiger partial charge in [0.1, 0.15) is 0 Å². The first kappa shape index (κ1) is 10.9. The van der Waals surface area contributed by atoms with Crippen LogP contribution in [0.2, 0.25) is 0 Å². The summed E-state index contributed by atoms with van der Waals surface area (Å²) in [4.78, 5) is 4.54. The largest absolute Gasteiger partial charge is 0.387 e. The number of hydrogen-bond acceptors (Lipinski definition) is 4. The molecule has 2 aliphatic rings. The lowest BCUT2D eigenvalue weighted by molar-refractivity contribution is 0.104. The monoisotopic (exact) mass is 211 g/mol. The predicted molar refractivity (Wildman–Crippen MR) is 60.8 cm³/mol. The van der Waals surface area contributed by atoms with Crippen molar-refractivity contribution in [2.24, 2.45) is 22.4 Å². The maximum absolute atomic E-state index is 6.14. The van der Waals surface area contributed by atoms with Gasteiger partial charge in [0, 0.05) is 12.5 Å². The Morgan fingerprint density at radius 1 is 1.27 bits per heavy atom. The zero-order chi connectivity index (χ0) is 10.7. The highest BCUT2D eigenvalue weighted by Crippen LogP contribution is 2.28. The van der Waals surface area contributed by atoms with E-state index in [9.17, 15) is 0 Å². The third kappa shape index (κ3) is 2.69. The fraction of sp³-hybridized carbons (Fsp3) is 0.909. The molecule has 0 spiro atoms. The maximum Gasteiger partial charge on any atom is 0.0964 e. The van der Waals surface area contributed by atoms with Crippen molar-refractivity contribution in [2.45, 2.75) is 44.2 Å². The average Bonchev–Trinajstić information content (AvgIpc) is 2.43. The van der Waals surface area contributed by atoms with Crippen molar-refractivity contribution in [1.29, 1.82) is 0 Å². The highest BCUT2D eigenvalue weighted by atomic mass is 16.5. The first-order valence-corrected chi connectivity index (χ1v) is 5.93. The molecule has 86 valence electrons. The maximum atomic E-state index is 6.14. The van der Waals surface area contributed by atoms with Crippen LogP contribution in [0.25, 0.3) is 0 Å². The molecule has 0 radical (unpaired) electrons. The van der Waals surface area contributed by atoms with Gasteiger partial charge in [-0.25, -0.2) is 0 Å². The molecule has 15 heavy (non-hydrogen) atoms. The van der Waals surface area contributed by atoms with Gasteiger partial charge in [-0.3, -0.25) is 4.99 Å². The van der Waals surface area contributed by atoms with E-state index in [1.807, 2.05) is 0 Å². The molecular weight excluding hydrogens is 190 g/mol. The summed E-state index contributed by atoms with van der Waals surface area (Å²) >= 11 is 0. The SMILES string of the molecule is NC1=NC(C2CCCCC2N)COCC1. The second-order valence-electron chi connectivity index (χ2n) is 4.62. The van der Waals surface area contributed by atoms with Gasteiger partial charge in [0.05, 0.1) is 25.1 Å². The Morgan fingerprint density at radius 3 is 2.87 bits per heavy atom. The first-order valence-electron chi connectivity index (χ1n) is 5.93. The van der Waals surface area contributed by atoms with Crippen LogP contribution in [0.4, 0.5) is 0 Å². The van der Waals surface area contributed by atoms with E-state index < -0.39 is 0 Å². The predicted octanol–water partition coefficient (Wildman–Crippen LogP) is 0.650. The van der Waals surface area contributed by atoms with Gasteiger partial charge in [0.25, 0.3) is 0 Å². The molecule has 1 saturated carbocycles. The topological polar surface area (TPSA) is 73.6 Å². The summed E-state index contributed by atoms with van der Waals surface area (Å²) < 4.78 is 5.53. The number of hydrogen-bond donors (Lipinski definition) is 2. The molecule has 0 saturated heterocycles. The van der Waals surface area contributed by atoms with E-state index in [1.165, 1.54) is 19.3 Å². The third-order valence-electron chi connectivity index (χ3n) is 3.49. The smallest absolute Gasteiger partial charge is 0.0964 e. The van der Waals surface area contributed by atoms with Crippen LogP contribution in [0.15, 0.2) is 4.99 Å². The highest BCUT2D eigenvalue weighted by Gasteiger charge is 2.30. The molecule has 0 aromatic heterocycles. The fourth-order valence-corrected chi connectivity index (χ4v) is 2.58. The van der Waals surface area contributed by atoms with Crippen LogP contribution in [0, 0.1) is 5.92 Å². The van der Waals surface area contributed by atoms with Gasteiger partial charge >= 0.3 is 0 Å². The molecule has 4 heteroatoms. The minimum absolute atomic E-state index is 0.197. The average molecular weight is 211 g/mol. The van der Waals surface area contributed by atoms with E-state index in [4.69, 9.17) is 16.2 Å². The number of rotatable bonds is 1. The zero-order valence-corrected chi connectivity index (χ0v) is 9.19. The molecule has 0 bridgehead atoms. The summed E-state index contributed by atoms with van der Waals surface area (Å²) in [6.45, 7) is 1.40. The Bertz CT molecular complexity index is 242. The van der Waals surface area contributed by atoms with Crippen molar-refractivity contribution < 1.29 is 4.74 Å². The molecule has 3 unspecified atom stereocenters. The molecule has 3 atom stereocenters. The lowest BCUT2D eigenvalue weighted by Gasteiger charge is -2.32. The fourth-order valence-electron chi connectivity index (χ4n) is 2.58. The highest BCUT2D eigenvalue weighted by molar-refractivity contribution is 5.80. The Hall–Kier alpha value is -0.610. The van der Waals surface area contributed by atoms with Crippen LogP contribution in [0.1, 0.15) is 32.1 Å². The van der Waals surface area contributed by atoms with Crippen molar-refractivity contribution >= 4 is 5.84 Å². The number of aliphatic imine (C=N–C) groups is 1. The molecule has 4 N–H and O–H groups in total. The first-order chi connectivity index (χ1) is 7.27. The lowest BCUT2D eigenvalue weighted by atomic mass is 9.80. The Kier molecular flexibility index (Phi) is 3.59. The molecular formula is C11H21N3O. The minimum atomic E-state index is 0.197. The number of nitrogens with two attached hydrogens (primary N) is 2. The standard InChI is InChI=1S/C11H21N3O/c12-9-4-2-1-3-8(9)10-7-15-6-5-11(13)14-10/h8-10H,1-7,12H2,(H2,13,14). The molecule has 0 aromatic carbocycles.